The van der Waals surface area contributed by atoms with E-state index in [4.69, 9.17) is 14.2 Å². The molecule has 0 aromatic rings. The van der Waals surface area contributed by atoms with Gasteiger partial charge in [0.2, 0.25) is 0 Å². The molecule has 0 aromatic carbocycles. The first-order chi connectivity index (χ1) is 39.0. The van der Waals surface area contributed by atoms with Crippen LogP contribution in [0.3, 0.4) is 0 Å². The smallest absolute Gasteiger partial charge is 0.306 e. The number of carbonyl (C=O) groups excluding carboxylic acids is 3. The molecule has 0 aromatic heterocycles. The molecule has 79 heavy (non-hydrogen) atoms. The third-order valence-electron chi connectivity index (χ3n) is 15.8. The van der Waals surface area contributed by atoms with Gasteiger partial charge in [0, 0.05) is 19.3 Å². The Morgan fingerprint density at radius 2 is 0.494 bits per heavy atom. The van der Waals surface area contributed by atoms with E-state index in [0.717, 1.165) is 83.5 Å². The molecular formula is C73H134O6. The van der Waals surface area contributed by atoms with E-state index in [9.17, 15) is 14.4 Å². The molecule has 0 aliphatic rings. The predicted octanol–water partition coefficient (Wildman–Crippen LogP) is 24.1. The number of carbonyl (C=O) groups is 3. The minimum absolute atomic E-state index is 0.0657. The highest BCUT2D eigenvalue weighted by atomic mass is 16.6. The largest absolute Gasteiger partial charge is 0.462 e. The van der Waals surface area contributed by atoms with Gasteiger partial charge in [-0.15, -0.1) is 0 Å². The molecule has 6 heteroatoms. The van der Waals surface area contributed by atoms with E-state index in [0.29, 0.717) is 19.3 Å². The minimum Gasteiger partial charge on any atom is -0.462 e. The molecule has 462 valence electrons. The highest BCUT2D eigenvalue weighted by Gasteiger charge is 2.19. The van der Waals surface area contributed by atoms with Crippen LogP contribution < -0.4 is 0 Å². The van der Waals surface area contributed by atoms with Crippen molar-refractivity contribution in [2.45, 2.75) is 386 Å². The number of rotatable bonds is 65. The second-order valence-corrected chi connectivity index (χ2v) is 23.8. The molecule has 0 amide bonds. The summed E-state index contributed by atoms with van der Waals surface area (Å²) in [5, 5.41) is 0. The molecule has 0 radical (unpaired) electrons. The van der Waals surface area contributed by atoms with E-state index >= 15 is 0 Å². The fourth-order valence-corrected chi connectivity index (χ4v) is 10.6. The third-order valence-corrected chi connectivity index (χ3v) is 15.8. The summed E-state index contributed by atoms with van der Waals surface area (Å²) in [5.74, 6) is -0.837. The van der Waals surface area contributed by atoms with Crippen molar-refractivity contribution in [2.75, 3.05) is 13.2 Å². The van der Waals surface area contributed by atoms with Gasteiger partial charge in [0.05, 0.1) is 0 Å². The normalized spacial score (nSPS) is 12.3. The van der Waals surface area contributed by atoms with Crippen LogP contribution in [0.15, 0.2) is 48.6 Å². The summed E-state index contributed by atoms with van der Waals surface area (Å²) in [7, 11) is 0. The summed E-state index contributed by atoms with van der Waals surface area (Å²) in [6.07, 6.45) is 85.7. The zero-order valence-electron chi connectivity index (χ0n) is 53.2. The molecular weight excluding hydrogens is 973 g/mol. The fourth-order valence-electron chi connectivity index (χ4n) is 10.6. The number of unbranched alkanes of at least 4 members (excludes halogenated alkanes) is 46. The number of allylic oxidation sites excluding steroid dienone is 8. The molecule has 0 fully saturated rings. The summed E-state index contributed by atoms with van der Waals surface area (Å²) in [6.45, 7) is 6.59. The maximum Gasteiger partial charge on any atom is 0.306 e. The van der Waals surface area contributed by atoms with E-state index in [2.05, 4.69) is 69.4 Å². The first-order valence-corrected chi connectivity index (χ1v) is 35.1. The lowest BCUT2D eigenvalue weighted by Gasteiger charge is -2.18. The van der Waals surface area contributed by atoms with E-state index in [1.807, 2.05) is 0 Å². The summed E-state index contributed by atoms with van der Waals surface area (Å²) in [5.41, 5.74) is 0. The van der Waals surface area contributed by atoms with Gasteiger partial charge in [-0.1, -0.05) is 352 Å². The number of hydrogen-bond donors (Lipinski definition) is 0. The van der Waals surface area contributed by atoms with Gasteiger partial charge in [-0.2, -0.15) is 0 Å². The first-order valence-electron chi connectivity index (χ1n) is 35.1. The average Bonchev–Trinajstić information content (AvgIpc) is 3.45. The van der Waals surface area contributed by atoms with Crippen LogP contribution in [-0.4, -0.2) is 37.2 Å². The molecule has 0 bridgehead atoms. The lowest BCUT2D eigenvalue weighted by atomic mass is 10.0. The average molecular weight is 1110 g/mol. The van der Waals surface area contributed by atoms with Crippen molar-refractivity contribution in [1.29, 1.82) is 0 Å². The maximum atomic E-state index is 12.9. The molecule has 0 saturated heterocycles. The molecule has 0 aliphatic heterocycles. The van der Waals surface area contributed by atoms with E-state index in [1.165, 1.54) is 257 Å². The minimum atomic E-state index is -0.768. The Bertz CT molecular complexity index is 1360. The second kappa shape index (κ2) is 67.9. The van der Waals surface area contributed by atoms with Gasteiger partial charge in [-0.05, 0) is 57.8 Å². The van der Waals surface area contributed by atoms with E-state index in [-0.39, 0.29) is 31.1 Å². The lowest BCUT2D eigenvalue weighted by Crippen LogP contribution is -2.30. The molecule has 1 atom stereocenters. The number of ether oxygens (including phenoxy) is 3. The molecule has 1 unspecified atom stereocenters. The summed E-state index contributed by atoms with van der Waals surface area (Å²) in [4.78, 5) is 38.4. The molecule has 0 heterocycles. The summed E-state index contributed by atoms with van der Waals surface area (Å²) < 4.78 is 17.0. The zero-order chi connectivity index (χ0) is 57.1. The molecule has 0 saturated carbocycles. The van der Waals surface area contributed by atoms with E-state index in [1.54, 1.807) is 0 Å². The van der Waals surface area contributed by atoms with E-state index < -0.39 is 6.10 Å². The third kappa shape index (κ3) is 66.1. The molecule has 0 spiro atoms. The summed E-state index contributed by atoms with van der Waals surface area (Å²) in [6, 6.07) is 0. The second-order valence-electron chi connectivity index (χ2n) is 23.8. The Balaban J connectivity index is 4.15. The van der Waals surface area contributed by atoms with Gasteiger partial charge in [0.25, 0.3) is 0 Å². The van der Waals surface area contributed by atoms with Crippen LogP contribution in [0.5, 0.6) is 0 Å². The van der Waals surface area contributed by atoms with Gasteiger partial charge < -0.3 is 14.2 Å². The number of hydrogen-bond acceptors (Lipinski definition) is 6. The van der Waals surface area contributed by atoms with Crippen molar-refractivity contribution in [3.63, 3.8) is 0 Å². The van der Waals surface area contributed by atoms with Gasteiger partial charge in [-0.3, -0.25) is 14.4 Å². The Kier molecular flexibility index (Phi) is 65.6. The SMILES string of the molecule is CC/C=C\C/C=C\C/C=C\C/C=C\CCCCCCCCCCCCCCCCCCC(=O)OCC(COC(=O)CCCCCCCCCCCCC)OC(=O)CCCCCCCCCCCCCCCCCCCCCCC. The molecule has 0 rings (SSSR count). The Morgan fingerprint density at radius 3 is 0.772 bits per heavy atom. The van der Waals surface area contributed by atoms with Gasteiger partial charge >= 0.3 is 17.9 Å². The van der Waals surface area contributed by atoms with Crippen LogP contribution in [0.2, 0.25) is 0 Å². The number of esters is 3. The maximum absolute atomic E-state index is 12.9. The highest BCUT2D eigenvalue weighted by Crippen LogP contribution is 2.19. The highest BCUT2D eigenvalue weighted by molar-refractivity contribution is 5.71. The van der Waals surface area contributed by atoms with Crippen LogP contribution >= 0.6 is 0 Å². The Labute approximate surface area is 492 Å². The van der Waals surface area contributed by atoms with Crippen LogP contribution in [0.4, 0.5) is 0 Å². The molecule has 6 nitrogen and oxygen atoms in total. The predicted molar refractivity (Wildman–Crippen MR) is 344 cm³/mol. The quantitative estimate of drug-likeness (QED) is 0.0261. The van der Waals surface area contributed by atoms with Crippen molar-refractivity contribution in [1.82, 2.24) is 0 Å². The Hall–Kier alpha value is -2.63. The van der Waals surface area contributed by atoms with Crippen LogP contribution in [0, 0.1) is 0 Å². The standard InChI is InChI=1S/C73H134O6/c1-4-7-10-13-16-19-22-24-26-28-30-32-33-34-35-36-37-38-39-41-42-44-46-48-51-54-57-60-63-66-72(75)78-69-70(68-77-71(74)65-62-59-56-53-50-21-18-15-12-9-6-3)79-73(76)67-64-61-58-55-52-49-47-45-43-40-31-29-27-25-23-20-17-14-11-8-5-2/h7,10,16,19,24,26,30,32,70H,4-6,8-9,11-15,17-18,20-23,25,27-29,31,33-69H2,1-3H3/b10-7-,19-16-,26-24-,32-30-. The fraction of sp³-hybridized carbons (Fsp3) is 0.849. The van der Waals surface area contributed by atoms with Crippen LogP contribution in [0.25, 0.3) is 0 Å². The van der Waals surface area contributed by atoms with Crippen molar-refractivity contribution >= 4 is 17.9 Å². The van der Waals surface area contributed by atoms with Gasteiger partial charge in [0.1, 0.15) is 13.2 Å². The van der Waals surface area contributed by atoms with Crippen molar-refractivity contribution in [3.05, 3.63) is 48.6 Å². The van der Waals surface area contributed by atoms with Gasteiger partial charge in [-0.25, -0.2) is 0 Å². The summed E-state index contributed by atoms with van der Waals surface area (Å²) >= 11 is 0. The first kappa shape index (κ1) is 76.4. The van der Waals surface area contributed by atoms with Crippen molar-refractivity contribution in [3.8, 4) is 0 Å². The monoisotopic (exact) mass is 1110 g/mol. The molecule has 0 N–H and O–H groups in total. The lowest BCUT2D eigenvalue weighted by molar-refractivity contribution is -0.167. The zero-order valence-corrected chi connectivity index (χ0v) is 53.2. The topological polar surface area (TPSA) is 78.9 Å². The van der Waals surface area contributed by atoms with Crippen molar-refractivity contribution in [2.24, 2.45) is 0 Å². The van der Waals surface area contributed by atoms with Crippen LogP contribution in [-0.2, 0) is 28.6 Å². The van der Waals surface area contributed by atoms with Crippen LogP contribution in [0.1, 0.15) is 380 Å². The van der Waals surface area contributed by atoms with Crippen molar-refractivity contribution < 1.29 is 28.6 Å². The molecule has 0 aliphatic carbocycles. The van der Waals surface area contributed by atoms with Gasteiger partial charge in [0.15, 0.2) is 6.10 Å². The Morgan fingerprint density at radius 1 is 0.266 bits per heavy atom.